The molecule has 0 aliphatic rings. The lowest BCUT2D eigenvalue weighted by molar-refractivity contribution is -0.385. The molecular formula is C20H22N2O8S. The Labute approximate surface area is 179 Å². The maximum Gasteiger partial charge on any atom is 0.338 e. The summed E-state index contributed by atoms with van der Waals surface area (Å²) >= 11 is 0. The molecule has 0 N–H and O–H groups in total. The van der Waals surface area contributed by atoms with Gasteiger partial charge in [0.25, 0.3) is 15.7 Å². The first kappa shape index (κ1) is 23.8. The van der Waals surface area contributed by atoms with E-state index in [1.807, 2.05) is 0 Å². The first-order valence-corrected chi connectivity index (χ1v) is 10.6. The minimum Gasteiger partial charge on any atom is -0.468 e. The molecule has 2 aromatic rings. The Morgan fingerprint density at radius 1 is 1.10 bits per heavy atom. The van der Waals surface area contributed by atoms with Gasteiger partial charge >= 0.3 is 11.9 Å². The number of ether oxygens (including phenoxy) is 2. The Kier molecular flexibility index (Phi) is 7.34. The summed E-state index contributed by atoms with van der Waals surface area (Å²) in [6.45, 7) is 4.22. The highest BCUT2D eigenvalue weighted by molar-refractivity contribution is 7.93. The highest BCUT2D eigenvalue weighted by Gasteiger charge is 2.31. The van der Waals surface area contributed by atoms with Crippen molar-refractivity contribution < 1.29 is 32.4 Å². The minimum absolute atomic E-state index is 0.115. The lowest BCUT2D eigenvalue weighted by Gasteiger charge is -2.26. The summed E-state index contributed by atoms with van der Waals surface area (Å²) in [4.78, 5) is 34.1. The number of rotatable bonds is 8. The zero-order valence-corrected chi connectivity index (χ0v) is 18.3. The molecule has 0 spiro atoms. The van der Waals surface area contributed by atoms with Crippen LogP contribution in [0.5, 0.6) is 0 Å². The average Bonchev–Trinajstić information content (AvgIpc) is 2.72. The molecular weight excluding hydrogens is 428 g/mol. The zero-order valence-electron chi connectivity index (χ0n) is 17.4. The molecule has 10 nitrogen and oxygen atoms in total. The van der Waals surface area contributed by atoms with Crippen LogP contribution < -0.4 is 4.31 Å². The zero-order chi connectivity index (χ0) is 23.3. The lowest BCUT2D eigenvalue weighted by Crippen LogP contribution is -2.37. The largest absolute Gasteiger partial charge is 0.468 e. The summed E-state index contributed by atoms with van der Waals surface area (Å²) in [5.74, 6) is -1.41. The number of carbonyl (C=O) groups excluding carboxylic acids is 2. The number of carbonyl (C=O) groups is 2. The van der Waals surface area contributed by atoms with E-state index in [1.54, 1.807) is 13.8 Å². The molecule has 0 heterocycles. The fraction of sp³-hybridized carbons (Fsp3) is 0.300. The van der Waals surface area contributed by atoms with Crippen LogP contribution in [0.2, 0.25) is 0 Å². The van der Waals surface area contributed by atoms with Crippen molar-refractivity contribution in [2.75, 3.05) is 24.6 Å². The van der Waals surface area contributed by atoms with E-state index in [2.05, 4.69) is 4.74 Å². The van der Waals surface area contributed by atoms with E-state index in [9.17, 15) is 28.1 Å². The Hall–Kier alpha value is -3.47. The minimum atomic E-state index is -4.40. The number of hydrogen-bond donors (Lipinski definition) is 0. The van der Waals surface area contributed by atoms with E-state index in [4.69, 9.17) is 4.74 Å². The average molecular weight is 450 g/mol. The monoisotopic (exact) mass is 450 g/mol. The molecule has 0 aliphatic heterocycles. The van der Waals surface area contributed by atoms with Gasteiger partial charge < -0.3 is 9.47 Å². The number of hydrogen-bond acceptors (Lipinski definition) is 8. The molecule has 166 valence electrons. The standard InChI is InChI=1S/C20H22N2O8S/c1-5-30-20(24)15-7-9-17(14(3)10-15)21(12-19(23)29-4)31(27,28)18-11-16(22(25)26)8-6-13(18)2/h6-11H,5,12H2,1-4H3. The number of non-ortho nitro benzene ring substituents is 1. The van der Waals surface area contributed by atoms with Gasteiger partial charge in [-0.05, 0) is 50.1 Å². The molecule has 0 radical (unpaired) electrons. The van der Waals surface area contributed by atoms with E-state index < -0.39 is 39.1 Å². The third-order valence-corrected chi connectivity index (χ3v) is 6.33. The molecule has 0 aromatic heterocycles. The molecule has 0 saturated heterocycles. The summed E-state index contributed by atoms with van der Waals surface area (Å²) in [7, 11) is -3.29. The van der Waals surface area contributed by atoms with Crippen molar-refractivity contribution in [2.24, 2.45) is 0 Å². The molecule has 31 heavy (non-hydrogen) atoms. The molecule has 0 aliphatic carbocycles. The lowest BCUT2D eigenvalue weighted by atomic mass is 10.1. The van der Waals surface area contributed by atoms with Gasteiger partial charge in [-0.3, -0.25) is 19.2 Å². The maximum absolute atomic E-state index is 13.5. The van der Waals surface area contributed by atoms with Gasteiger partial charge in [-0.25, -0.2) is 13.2 Å². The predicted octanol–water partition coefficient (Wildman–Crippen LogP) is 2.76. The maximum atomic E-state index is 13.5. The van der Waals surface area contributed by atoms with Gasteiger partial charge in [0.05, 0.1) is 34.8 Å². The van der Waals surface area contributed by atoms with Gasteiger partial charge in [0, 0.05) is 12.1 Å². The molecule has 0 bridgehead atoms. The van der Waals surface area contributed by atoms with Crippen molar-refractivity contribution >= 4 is 33.3 Å². The number of sulfonamides is 1. The quantitative estimate of drug-likeness (QED) is 0.340. The van der Waals surface area contributed by atoms with Gasteiger partial charge in [-0.15, -0.1) is 0 Å². The molecule has 2 aromatic carbocycles. The highest BCUT2D eigenvalue weighted by atomic mass is 32.2. The van der Waals surface area contributed by atoms with E-state index in [0.717, 1.165) is 17.5 Å². The number of anilines is 1. The van der Waals surface area contributed by atoms with Crippen molar-refractivity contribution in [1.82, 2.24) is 0 Å². The first-order valence-electron chi connectivity index (χ1n) is 9.15. The fourth-order valence-electron chi connectivity index (χ4n) is 2.86. The summed E-state index contributed by atoms with van der Waals surface area (Å²) < 4.78 is 37.3. The number of esters is 2. The Balaban J connectivity index is 2.65. The molecule has 11 heteroatoms. The fourth-order valence-corrected chi connectivity index (χ4v) is 4.58. The van der Waals surface area contributed by atoms with Gasteiger partial charge in [0.1, 0.15) is 6.54 Å². The van der Waals surface area contributed by atoms with Crippen molar-refractivity contribution in [3.63, 3.8) is 0 Å². The Bertz CT molecular complexity index is 1130. The van der Waals surface area contributed by atoms with E-state index in [0.29, 0.717) is 5.56 Å². The number of nitro groups is 1. The molecule has 0 saturated carbocycles. The summed E-state index contributed by atoms with van der Waals surface area (Å²) in [6, 6.07) is 7.64. The number of nitro benzene ring substituents is 1. The second-order valence-electron chi connectivity index (χ2n) is 6.52. The smallest absolute Gasteiger partial charge is 0.338 e. The predicted molar refractivity (Wildman–Crippen MR) is 112 cm³/mol. The third kappa shape index (κ3) is 5.18. The summed E-state index contributed by atoms with van der Waals surface area (Å²) in [5, 5.41) is 11.1. The number of aryl methyl sites for hydroxylation is 2. The van der Waals surface area contributed by atoms with Crippen molar-refractivity contribution in [1.29, 1.82) is 0 Å². The van der Waals surface area contributed by atoms with Gasteiger partial charge in [-0.1, -0.05) is 6.07 Å². The van der Waals surface area contributed by atoms with Gasteiger partial charge in [-0.2, -0.15) is 0 Å². The van der Waals surface area contributed by atoms with Crippen LogP contribution in [0, 0.1) is 24.0 Å². The van der Waals surface area contributed by atoms with Crippen LogP contribution in [0.4, 0.5) is 11.4 Å². The number of methoxy groups -OCH3 is 1. The third-order valence-electron chi connectivity index (χ3n) is 4.43. The van der Waals surface area contributed by atoms with Crippen molar-refractivity contribution in [2.45, 2.75) is 25.7 Å². The van der Waals surface area contributed by atoms with Crippen molar-refractivity contribution in [3.05, 3.63) is 63.2 Å². The van der Waals surface area contributed by atoms with E-state index in [-0.39, 0.29) is 28.3 Å². The van der Waals surface area contributed by atoms with E-state index in [1.165, 1.54) is 37.3 Å². The van der Waals surface area contributed by atoms with Crippen LogP contribution in [0.1, 0.15) is 28.4 Å². The normalized spacial score (nSPS) is 11.0. The summed E-state index contributed by atoms with van der Waals surface area (Å²) in [5.41, 5.74) is 0.563. The Morgan fingerprint density at radius 3 is 2.32 bits per heavy atom. The first-order chi connectivity index (χ1) is 14.5. The highest BCUT2D eigenvalue weighted by Crippen LogP contribution is 2.31. The van der Waals surface area contributed by atoms with Crippen LogP contribution in [0.15, 0.2) is 41.3 Å². The topological polar surface area (TPSA) is 133 Å². The molecule has 0 atom stereocenters. The number of nitrogens with zero attached hydrogens (tertiary/aromatic N) is 2. The molecule has 0 amide bonds. The van der Waals surface area contributed by atoms with Crippen LogP contribution in [0.3, 0.4) is 0 Å². The van der Waals surface area contributed by atoms with Crippen LogP contribution >= 0.6 is 0 Å². The van der Waals surface area contributed by atoms with Crippen LogP contribution in [0.25, 0.3) is 0 Å². The molecule has 0 fully saturated rings. The van der Waals surface area contributed by atoms with Crippen LogP contribution in [-0.4, -0.2) is 45.5 Å². The second kappa shape index (κ2) is 9.56. The molecule has 0 unspecified atom stereocenters. The number of benzene rings is 2. The molecule has 2 rings (SSSR count). The SMILES string of the molecule is CCOC(=O)c1ccc(N(CC(=O)OC)S(=O)(=O)c2cc([N+](=O)[O-])ccc2C)c(C)c1. The van der Waals surface area contributed by atoms with Gasteiger partial charge in [0.15, 0.2) is 0 Å². The summed E-state index contributed by atoms with van der Waals surface area (Å²) in [6.07, 6.45) is 0. The van der Waals surface area contributed by atoms with Gasteiger partial charge in [0.2, 0.25) is 0 Å². The second-order valence-corrected chi connectivity index (χ2v) is 8.35. The van der Waals surface area contributed by atoms with Crippen molar-refractivity contribution in [3.8, 4) is 0 Å². The Morgan fingerprint density at radius 2 is 1.77 bits per heavy atom. The van der Waals surface area contributed by atoms with Crippen LogP contribution in [-0.2, 0) is 24.3 Å². The van der Waals surface area contributed by atoms with E-state index >= 15 is 0 Å².